The molecule has 1 aliphatic carbocycles. The Hall–Kier alpha value is -4.44. The standard InChI is InChI=1S/C41H46N4O6S2.2FH/c1-3-40(31-22-43-32-11-5-4-10-30(31)32,17-18-42-23-34(47)28-13-15-33(46)38-29(28)14-16-37(48)44-38)45(2)27-9-6-8-25(20-27)26-21-36(53-24-26)41(51,39(49)50)35-12-7-19-52-35;;/h4-5,7,10-16,19,21-22,24-25,27,34,42-43,46-47,51H,3,6,8-9,17-18,20,23H2,1-2H3,(H,44,48)(H,49,50);2*1H/t25-,27-,34+,40?,41?;;/m1../s1. The first-order valence-electron chi connectivity index (χ1n) is 18.2. The van der Waals surface area contributed by atoms with Gasteiger partial charge in [0.2, 0.25) is 11.2 Å². The van der Waals surface area contributed by atoms with Crippen LogP contribution < -0.4 is 10.9 Å². The highest BCUT2D eigenvalue weighted by atomic mass is 32.1. The number of halogens is 2. The molecule has 0 amide bonds. The summed E-state index contributed by atoms with van der Waals surface area (Å²) in [7, 11) is 2.23. The van der Waals surface area contributed by atoms with Crippen molar-refractivity contribution in [2.45, 2.75) is 74.7 Å². The SMILES string of the molecule is CCC(CCNC[C@H](O)c1ccc(O)c2[nH]c(=O)ccc12)(c1c[nH]c2ccccc12)N(C)[C@@H]1CCC[C@@H](c2csc(C(O)(C(=O)O)c3cccs3)c2)C1.F.F. The van der Waals surface area contributed by atoms with Crippen LogP contribution in [0, 0.1) is 0 Å². The second-order valence-corrected chi connectivity index (χ2v) is 16.1. The van der Waals surface area contributed by atoms with E-state index >= 15 is 0 Å². The Bertz CT molecular complexity index is 2280. The third kappa shape index (κ3) is 7.71. The Morgan fingerprint density at radius 1 is 1.04 bits per heavy atom. The Morgan fingerprint density at radius 3 is 2.58 bits per heavy atom. The number of carboxylic acid groups (broad SMARTS) is 1. The minimum absolute atomic E-state index is 0. The summed E-state index contributed by atoms with van der Waals surface area (Å²) in [6.45, 7) is 3.15. The molecule has 0 bridgehead atoms. The second kappa shape index (κ2) is 17.1. The van der Waals surface area contributed by atoms with Crippen LogP contribution in [-0.2, 0) is 15.9 Å². The summed E-state index contributed by atoms with van der Waals surface area (Å²) in [4.78, 5) is 33.9. The number of hydrogen-bond acceptors (Lipinski definition) is 9. The van der Waals surface area contributed by atoms with Gasteiger partial charge in [-0.05, 0) is 109 Å². The second-order valence-electron chi connectivity index (χ2n) is 14.3. The number of hydrogen-bond donors (Lipinski definition) is 7. The number of phenolic OH excluding ortho intramolecular Hbond substituents is 1. The minimum Gasteiger partial charge on any atom is -0.506 e. The molecule has 55 heavy (non-hydrogen) atoms. The highest BCUT2D eigenvalue weighted by Gasteiger charge is 2.44. The maximum absolute atomic E-state index is 12.4. The average Bonchev–Trinajstić information content (AvgIpc) is 3.98. The van der Waals surface area contributed by atoms with Crippen LogP contribution in [0.1, 0.15) is 83.9 Å². The number of rotatable bonds is 14. The van der Waals surface area contributed by atoms with Gasteiger partial charge in [0.25, 0.3) is 0 Å². The van der Waals surface area contributed by atoms with Gasteiger partial charge >= 0.3 is 5.97 Å². The molecule has 1 saturated carbocycles. The van der Waals surface area contributed by atoms with Crippen LogP contribution in [-0.4, -0.2) is 67.4 Å². The number of nitrogens with zero attached hydrogens (tertiary/aromatic N) is 1. The first-order valence-corrected chi connectivity index (χ1v) is 19.9. The Balaban J connectivity index is 0.00000290. The zero-order valence-corrected chi connectivity index (χ0v) is 32.3. The van der Waals surface area contributed by atoms with Crippen LogP contribution in [0.5, 0.6) is 5.75 Å². The largest absolute Gasteiger partial charge is 0.506 e. The van der Waals surface area contributed by atoms with E-state index in [4.69, 9.17) is 0 Å². The molecule has 14 heteroatoms. The van der Waals surface area contributed by atoms with Gasteiger partial charge in [0.05, 0.1) is 21.4 Å². The molecule has 10 nitrogen and oxygen atoms in total. The first kappa shape index (κ1) is 41.7. The normalized spacial score (nSPS) is 18.6. The van der Waals surface area contributed by atoms with Crippen molar-refractivity contribution >= 4 is 50.4 Å². The molecule has 4 heterocycles. The number of nitrogens with one attached hydrogen (secondary N) is 3. The maximum Gasteiger partial charge on any atom is 0.346 e. The fourth-order valence-corrected chi connectivity index (χ4v) is 10.5. The quantitative estimate of drug-likeness (QED) is 0.0560. The van der Waals surface area contributed by atoms with Crippen LogP contribution in [0.3, 0.4) is 0 Å². The number of para-hydroxylation sites is 1. The van der Waals surface area contributed by atoms with Crippen LogP contribution in [0.2, 0.25) is 0 Å². The molecule has 0 spiro atoms. The molecule has 0 aliphatic heterocycles. The number of aliphatic carboxylic acids is 1. The molecule has 294 valence electrons. The molecule has 7 rings (SSSR count). The van der Waals surface area contributed by atoms with Gasteiger partial charge < -0.3 is 35.7 Å². The zero-order chi connectivity index (χ0) is 37.3. The highest BCUT2D eigenvalue weighted by molar-refractivity contribution is 7.12. The molecule has 4 aromatic heterocycles. The third-order valence-corrected chi connectivity index (χ3v) is 13.5. The number of aliphatic hydroxyl groups excluding tert-OH is 1. The molecule has 7 N–H and O–H groups in total. The number of H-pyrrole nitrogens is 2. The predicted octanol–water partition coefficient (Wildman–Crippen LogP) is 7.44. The number of fused-ring (bicyclic) bond motifs is 2. The van der Waals surface area contributed by atoms with Crippen molar-refractivity contribution < 1.29 is 34.6 Å². The first-order chi connectivity index (χ1) is 25.6. The number of phenols is 1. The van der Waals surface area contributed by atoms with E-state index in [2.05, 4.69) is 58.6 Å². The van der Waals surface area contributed by atoms with Gasteiger partial charge in [-0.1, -0.05) is 43.7 Å². The molecule has 1 aliphatic rings. The van der Waals surface area contributed by atoms with Crippen LogP contribution in [0.15, 0.2) is 88.5 Å². The van der Waals surface area contributed by atoms with Crippen molar-refractivity contribution in [2.75, 3.05) is 20.1 Å². The lowest BCUT2D eigenvalue weighted by molar-refractivity contribution is -0.154. The fourth-order valence-electron chi connectivity index (χ4n) is 8.51. The molecular formula is C41H48F2N4O6S2. The Kier molecular flexibility index (Phi) is 13.0. The van der Waals surface area contributed by atoms with E-state index in [0.717, 1.165) is 49.6 Å². The summed E-state index contributed by atoms with van der Waals surface area (Å²) >= 11 is 2.56. The van der Waals surface area contributed by atoms with E-state index in [1.165, 1.54) is 45.8 Å². The molecule has 2 aromatic carbocycles. The number of aromatic nitrogens is 2. The van der Waals surface area contributed by atoms with E-state index < -0.39 is 17.7 Å². The summed E-state index contributed by atoms with van der Waals surface area (Å²) < 4.78 is 0. The maximum atomic E-state index is 12.4. The predicted molar refractivity (Wildman–Crippen MR) is 216 cm³/mol. The van der Waals surface area contributed by atoms with Crippen molar-refractivity contribution in [3.63, 3.8) is 0 Å². The Labute approximate surface area is 325 Å². The van der Waals surface area contributed by atoms with Gasteiger partial charge in [0, 0.05) is 46.7 Å². The average molecular weight is 795 g/mol. The summed E-state index contributed by atoms with van der Waals surface area (Å²) in [6, 6.07) is 20.2. The van der Waals surface area contributed by atoms with Crippen molar-refractivity contribution in [3.8, 4) is 5.75 Å². The zero-order valence-electron chi connectivity index (χ0n) is 30.7. The van der Waals surface area contributed by atoms with Crippen molar-refractivity contribution in [3.05, 3.63) is 120 Å². The Morgan fingerprint density at radius 2 is 1.84 bits per heavy atom. The fraction of sp³-hybridized carbons (Fsp3) is 0.366. The molecule has 0 saturated heterocycles. The minimum atomic E-state index is -2.07. The lowest BCUT2D eigenvalue weighted by atomic mass is 9.76. The van der Waals surface area contributed by atoms with Crippen LogP contribution in [0.25, 0.3) is 21.8 Å². The van der Waals surface area contributed by atoms with Crippen LogP contribution in [0.4, 0.5) is 9.41 Å². The van der Waals surface area contributed by atoms with Crippen molar-refractivity contribution in [2.24, 2.45) is 0 Å². The van der Waals surface area contributed by atoms with Gasteiger partial charge in [-0.15, -0.1) is 22.7 Å². The van der Waals surface area contributed by atoms with Gasteiger partial charge in [-0.3, -0.25) is 19.1 Å². The van der Waals surface area contributed by atoms with Crippen molar-refractivity contribution in [1.29, 1.82) is 0 Å². The number of aromatic amines is 2. The molecule has 1 fully saturated rings. The lowest BCUT2D eigenvalue weighted by Crippen LogP contribution is -2.51. The van der Waals surface area contributed by atoms with Gasteiger partial charge in [-0.2, -0.15) is 0 Å². The van der Waals surface area contributed by atoms with E-state index in [0.29, 0.717) is 32.8 Å². The molecule has 6 aromatic rings. The van der Waals surface area contributed by atoms with Crippen LogP contribution >= 0.6 is 22.7 Å². The molecular weight excluding hydrogens is 747 g/mol. The number of benzene rings is 2. The summed E-state index contributed by atoms with van der Waals surface area (Å²) in [5.41, 5.74) is 1.59. The van der Waals surface area contributed by atoms with E-state index in [9.17, 15) is 30.0 Å². The summed E-state index contributed by atoms with van der Waals surface area (Å²) in [5, 5.41) is 52.3. The molecule has 5 atom stereocenters. The van der Waals surface area contributed by atoms with E-state index in [1.54, 1.807) is 29.6 Å². The summed E-state index contributed by atoms with van der Waals surface area (Å²) in [5.74, 6) is -1.08. The molecule has 0 radical (unpaired) electrons. The topological polar surface area (TPSA) is 162 Å². The number of carboxylic acids is 1. The monoisotopic (exact) mass is 794 g/mol. The lowest BCUT2D eigenvalue weighted by Gasteiger charge is -2.48. The third-order valence-electron chi connectivity index (χ3n) is 11.5. The number of aliphatic hydroxyl groups is 2. The van der Waals surface area contributed by atoms with Crippen molar-refractivity contribution in [1.82, 2.24) is 20.2 Å². The number of pyridine rings is 1. The van der Waals surface area contributed by atoms with E-state index in [1.807, 2.05) is 17.5 Å². The highest BCUT2D eigenvalue weighted by Crippen LogP contribution is 2.46. The van der Waals surface area contributed by atoms with E-state index in [-0.39, 0.29) is 44.8 Å². The number of aromatic hydroxyl groups is 1. The van der Waals surface area contributed by atoms with Gasteiger partial charge in [0.1, 0.15) is 5.75 Å². The molecule has 2 unspecified atom stereocenters. The smallest absolute Gasteiger partial charge is 0.346 e. The number of carbonyl (C=O) groups is 1. The van der Waals surface area contributed by atoms with Gasteiger partial charge in [-0.25, -0.2) is 4.79 Å². The van der Waals surface area contributed by atoms with Gasteiger partial charge in [0.15, 0.2) is 0 Å². The summed E-state index contributed by atoms with van der Waals surface area (Å²) in [6.07, 6.45) is 6.87. The number of thiophene rings is 2.